The smallest absolute Gasteiger partial charge is 0.333 e. The molecular formula is C15H14F3N3OS. The molecule has 1 atom stereocenters. The molecule has 0 unspecified atom stereocenters. The van der Waals surface area contributed by atoms with Crippen molar-refractivity contribution in [3.63, 3.8) is 0 Å². The number of aromatic nitrogens is 2. The highest BCUT2D eigenvalue weighted by molar-refractivity contribution is 8.00. The Hall–Kier alpha value is -1.83. The molecule has 0 N–H and O–H groups in total. The van der Waals surface area contributed by atoms with Crippen LogP contribution in [0, 0.1) is 0 Å². The maximum absolute atomic E-state index is 12.6. The number of amides is 1. The quantitative estimate of drug-likeness (QED) is 0.860. The van der Waals surface area contributed by atoms with Crippen LogP contribution in [0.1, 0.15) is 12.8 Å². The van der Waals surface area contributed by atoms with Crippen LogP contribution in [0.3, 0.4) is 0 Å². The van der Waals surface area contributed by atoms with Crippen molar-refractivity contribution < 1.29 is 18.0 Å². The van der Waals surface area contributed by atoms with Crippen molar-refractivity contribution in [1.29, 1.82) is 0 Å². The van der Waals surface area contributed by atoms with Gasteiger partial charge in [0.1, 0.15) is 11.6 Å². The minimum Gasteiger partial charge on any atom is -0.333 e. The molecule has 1 amide bonds. The zero-order valence-corrected chi connectivity index (χ0v) is 12.9. The van der Waals surface area contributed by atoms with Gasteiger partial charge in [-0.05, 0) is 12.8 Å². The van der Waals surface area contributed by atoms with Crippen LogP contribution in [-0.2, 0) is 4.79 Å². The van der Waals surface area contributed by atoms with Crippen LogP contribution in [0.15, 0.2) is 35.5 Å². The number of hydrogen-bond acceptors (Lipinski definition) is 4. The topological polar surface area (TPSA) is 46.1 Å². The fraction of sp³-hybridized carbons (Fsp3) is 0.400. The van der Waals surface area contributed by atoms with Gasteiger partial charge in [0, 0.05) is 17.3 Å². The molecule has 3 rings (SSSR count). The van der Waals surface area contributed by atoms with Crippen LogP contribution in [0.5, 0.6) is 0 Å². The van der Waals surface area contributed by atoms with Gasteiger partial charge in [-0.3, -0.25) is 4.79 Å². The Morgan fingerprint density at radius 1 is 1.30 bits per heavy atom. The third-order valence-corrected chi connectivity index (χ3v) is 4.89. The standard InChI is InChI=1S/C15H14F3N3OS/c16-15(17,18)9-21-7-3-6-12(14(21)22)23-13-11-5-2-1-4-10(11)8-19-20-13/h1-2,4-5,8,12H,3,6-7,9H2/t12-/m0/s1. The second-order valence-electron chi connectivity index (χ2n) is 5.36. The van der Waals surface area contributed by atoms with E-state index in [-0.39, 0.29) is 6.54 Å². The van der Waals surface area contributed by atoms with Crippen LogP contribution >= 0.6 is 11.8 Å². The fourth-order valence-corrected chi connectivity index (χ4v) is 3.82. The molecule has 0 radical (unpaired) electrons. The van der Waals surface area contributed by atoms with Crippen molar-refractivity contribution in [2.75, 3.05) is 13.1 Å². The number of fused-ring (bicyclic) bond motifs is 1. The van der Waals surface area contributed by atoms with Gasteiger partial charge in [-0.15, -0.1) is 5.10 Å². The molecule has 2 aromatic rings. The van der Waals surface area contributed by atoms with Crippen molar-refractivity contribution in [2.45, 2.75) is 29.3 Å². The first-order valence-electron chi connectivity index (χ1n) is 7.17. The minimum absolute atomic E-state index is 0.149. The number of alkyl halides is 3. The molecule has 1 fully saturated rings. The van der Waals surface area contributed by atoms with Gasteiger partial charge in [0.05, 0.1) is 11.4 Å². The molecule has 122 valence electrons. The van der Waals surface area contributed by atoms with Crippen LogP contribution in [0.25, 0.3) is 10.8 Å². The van der Waals surface area contributed by atoms with E-state index in [4.69, 9.17) is 0 Å². The molecule has 23 heavy (non-hydrogen) atoms. The highest BCUT2D eigenvalue weighted by atomic mass is 32.2. The predicted molar refractivity (Wildman–Crippen MR) is 81.1 cm³/mol. The number of piperidine rings is 1. The summed E-state index contributed by atoms with van der Waals surface area (Å²) in [6, 6.07) is 7.47. The molecule has 1 aliphatic heterocycles. The first-order chi connectivity index (χ1) is 10.9. The van der Waals surface area contributed by atoms with E-state index >= 15 is 0 Å². The molecule has 4 nitrogen and oxygen atoms in total. The molecular weight excluding hydrogens is 327 g/mol. The summed E-state index contributed by atoms with van der Waals surface area (Å²) in [5.74, 6) is -0.478. The van der Waals surface area contributed by atoms with E-state index in [0.29, 0.717) is 17.9 Å². The van der Waals surface area contributed by atoms with Gasteiger partial charge >= 0.3 is 6.18 Å². The Morgan fingerprint density at radius 2 is 2.09 bits per heavy atom. The SMILES string of the molecule is O=C1[C@@H](Sc2nncc3ccccc23)CCCN1CC(F)(F)F. The molecule has 1 saturated heterocycles. The molecule has 1 aromatic heterocycles. The van der Waals surface area contributed by atoms with Gasteiger partial charge in [0.2, 0.25) is 5.91 Å². The molecule has 8 heteroatoms. The summed E-state index contributed by atoms with van der Waals surface area (Å²) >= 11 is 1.20. The number of benzene rings is 1. The Kier molecular flexibility index (Phi) is 4.43. The van der Waals surface area contributed by atoms with Crippen molar-refractivity contribution in [1.82, 2.24) is 15.1 Å². The molecule has 0 spiro atoms. The van der Waals surface area contributed by atoms with Gasteiger partial charge in [0.25, 0.3) is 0 Å². The number of rotatable bonds is 3. The Labute approximate surface area is 135 Å². The van der Waals surface area contributed by atoms with Crippen molar-refractivity contribution in [3.05, 3.63) is 30.5 Å². The van der Waals surface area contributed by atoms with Gasteiger partial charge in [-0.2, -0.15) is 18.3 Å². The lowest BCUT2D eigenvalue weighted by atomic mass is 10.1. The maximum atomic E-state index is 12.6. The van der Waals surface area contributed by atoms with Gasteiger partial charge in [-0.1, -0.05) is 36.0 Å². The summed E-state index contributed by atoms with van der Waals surface area (Å²) in [5, 5.41) is 9.73. The summed E-state index contributed by atoms with van der Waals surface area (Å²) in [7, 11) is 0. The third kappa shape index (κ3) is 3.74. The highest BCUT2D eigenvalue weighted by Crippen LogP contribution is 2.33. The van der Waals surface area contributed by atoms with E-state index in [0.717, 1.165) is 15.7 Å². The van der Waals surface area contributed by atoms with Gasteiger partial charge in [-0.25, -0.2) is 0 Å². The molecule has 1 aliphatic rings. The van der Waals surface area contributed by atoms with Crippen LogP contribution in [0.4, 0.5) is 13.2 Å². The van der Waals surface area contributed by atoms with E-state index in [1.807, 2.05) is 24.3 Å². The van der Waals surface area contributed by atoms with Crippen molar-refractivity contribution in [3.8, 4) is 0 Å². The lowest BCUT2D eigenvalue weighted by Crippen LogP contribution is -2.47. The van der Waals surface area contributed by atoms with E-state index in [2.05, 4.69) is 10.2 Å². The number of thioether (sulfide) groups is 1. The zero-order chi connectivity index (χ0) is 16.4. The Balaban J connectivity index is 1.80. The van der Waals surface area contributed by atoms with E-state index in [1.165, 1.54) is 11.8 Å². The van der Waals surface area contributed by atoms with E-state index in [9.17, 15) is 18.0 Å². The highest BCUT2D eigenvalue weighted by Gasteiger charge is 2.37. The number of nitrogens with zero attached hydrogens (tertiary/aromatic N) is 3. The fourth-order valence-electron chi connectivity index (χ4n) is 2.61. The van der Waals surface area contributed by atoms with Gasteiger partial charge in [0.15, 0.2) is 0 Å². The third-order valence-electron chi connectivity index (χ3n) is 3.64. The first kappa shape index (κ1) is 16.0. The van der Waals surface area contributed by atoms with Crippen LogP contribution < -0.4 is 0 Å². The Bertz CT molecular complexity index is 717. The largest absolute Gasteiger partial charge is 0.406 e. The van der Waals surface area contributed by atoms with Crippen LogP contribution in [0.2, 0.25) is 0 Å². The van der Waals surface area contributed by atoms with Crippen LogP contribution in [-0.4, -0.2) is 45.5 Å². The lowest BCUT2D eigenvalue weighted by Gasteiger charge is -2.32. The normalized spacial score (nSPS) is 19.3. The number of likely N-dealkylation sites (tertiary alicyclic amines) is 1. The number of carbonyl (C=O) groups excluding carboxylic acids is 1. The minimum atomic E-state index is -4.37. The average Bonchev–Trinajstić information content (AvgIpc) is 2.50. The number of hydrogen-bond donors (Lipinski definition) is 0. The average molecular weight is 341 g/mol. The molecule has 0 aliphatic carbocycles. The molecule has 0 bridgehead atoms. The first-order valence-corrected chi connectivity index (χ1v) is 8.04. The summed E-state index contributed by atoms with van der Waals surface area (Å²) in [6.45, 7) is -1.04. The summed E-state index contributed by atoms with van der Waals surface area (Å²) < 4.78 is 37.7. The summed E-state index contributed by atoms with van der Waals surface area (Å²) in [5.41, 5.74) is 0. The monoisotopic (exact) mass is 341 g/mol. The number of halogens is 3. The van der Waals surface area contributed by atoms with E-state index < -0.39 is 23.9 Å². The molecule has 1 aromatic carbocycles. The second-order valence-corrected chi connectivity index (χ2v) is 6.55. The summed E-state index contributed by atoms with van der Waals surface area (Å²) in [4.78, 5) is 13.2. The molecule has 0 saturated carbocycles. The lowest BCUT2D eigenvalue weighted by molar-refractivity contribution is -0.162. The Morgan fingerprint density at radius 3 is 2.87 bits per heavy atom. The van der Waals surface area contributed by atoms with Crippen molar-refractivity contribution in [2.24, 2.45) is 0 Å². The number of carbonyl (C=O) groups is 1. The molecule has 2 heterocycles. The second kappa shape index (κ2) is 6.35. The van der Waals surface area contributed by atoms with Gasteiger partial charge < -0.3 is 4.90 Å². The summed E-state index contributed by atoms with van der Waals surface area (Å²) in [6.07, 6.45) is -1.65. The van der Waals surface area contributed by atoms with Crippen molar-refractivity contribution >= 4 is 28.4 Å². The maximum Gasteiger partial charge on any atom is 0.406 e. The van der Waals surface area contributed by atoms with E-state index in [1.54, 1.807) is 6.20 Å². The zero-order valence-electron chi connectivity index (χ0n) is 12.1. The predicted octanol–water partition coefficient (Wildman–Crippen LogP) is 3.28.